The molecule has 0 spiro atoms. The standard InChI is InChI=1S/C12H14BrNO3S/c13-4-8-3-11(15)14(5-8)6-10-12-9(7-18-10)16-1-2-17-12/h7-8H,1-6H2. The Morgan fingerprint density at radius 1 is 1.44 bits per heavy atom. The number of likely N-dealkylation sites (tertiary alicyclic amines) is 1. The van der Waals surface area contributed by atoms with Crippen molar-refractivity contribution in [1.29, 1.82) is 0 Å². The second kappa shape index (κ2) is 5.09. The summed E-state index contributed by atoms with van der Waals surface area (Å²) in [7, 11) is 0. The number of nitrogens with zero attached hydrogens (tertiary/aromatic N) is 1. The van der Waals surface area contributed by atoms with Crippen LogP contribution in [0, 0.1) is 5.92 Å². The number of hydrogen-bond donors (Lipinski definition) is 0. The van der Waals surface area contributed by atoms with Gasteiger partial charge >= 0.3 is 0 Å². The van der Waals surface area contributed by atoms with Gasteiger partial charge in [0.25, 0.3) is 0 Å². The van der Waals surface area contributed by atoms with Crippen LogP contribution in [-0.4, -0.2) is 35.9 Å². The SMILES string of the molecule is O=C1CC(CBr)CN1Cc1scc2c1OCCO2. The molecule has 0 radical (unpaired) electrons. The molecule has 0 aliphatic carbocycles. The van der Waals surface area contributed by atoms with Gasteiger partial charge in [-0.25, -0.2) is 0 Å². The van der Waals surface area contributed by atoms with Gasteiger partial charge in [0.2, 0.25) is 5.91 Å². The number of thiophene rings is 1. The van der Waals surface area contributed by atoms with E-state index < -0.39 is 0 Å². The molecule has 0 aromatic carbocycles. The zero-order chi connectivity index (χ0) is 12.5. The van der Waals surface area contributed by atoms with E-state index in [2.05, 4.69) is 15.9 Å². The first kappa shape index (κ1) is 12.3. The third kappa shape index (κ3) is 2.23. The van der Waals surface area contributed by atoms with Gasteiger partial charge in [0.05, 0.1) is 11.4 Å². The number of hydrogen-bond acceptors (Lipinski definition) is 4. The lowest BCUT2D eigenvalue weighted by molar-refractivity contribution is -0.128. The molecule has 0 saturated carbocycles. The molecular formula is C12H14BrNO3S. The first-order valence-electron chi connectivity index (χ1n) is 5.97. The molecule has 4 nitrogen and oxygen atoms in total. The van der Waals surface area contributed by atoms with E-state index in [0.717, 1.165) is 28.3 Å². The van der Waals surface area contributed by atoms with Crippen LogP contribution in [0.25, 0.3) is 0 Å². The smallest absolute Gasteiger partial charge is 0.223 e. The molecule has 1 saturated heterocycles. The maximum atomic E-state index is 11.9. The number of ether oxygens (including phenoxy) is 2. The molecule has 3 rings (SSSR count). The average molecular weight is 332 g/mol. The van der Waals surface area contributed by atoms with E-state index >= 15 is 0 Å². The van der Waals surface area contributed by atoms with Crippen LogP contribution in [0.1, 0.15) is 11.3 Å². The van der Waals surface area contributed by atoms with E-state index in [1.165, 1.54) is 0 Å². The van der Waals surface area contributed by atoms with Crippen molar-refractivity contribution in [1.82, 2.24) is 4.90 Å². The largest absolute Gasteiger partial charge is 0.485 e. The number of alkyl halides is 1. The van der Waals surface area contributed by atoms with E-state index in [4.69, 9.17) is 9.47 Å². The molecule has 18 heavy (non-hydrogen) atoms. The molecule has 0 bridgehead atoms. The fourth-order valence-corrected chi connectivity index (χ4v) is 3.66. The van der Waals surface area contributed by atoms with Crippen molar-refractivity contribution in [3.63, 3.8) is 0 Å². The Morgan fingerprint density at radius 3 is 3.06 bits per heavy atom. The van der Waals surface area contributed by atoms with Crippen LogP contribution >= 0.6 is 27.3 Å². The Bertz CT molecular complexity index is 462. The van der Waals surface area contributed by atoms with Gasteiger partial charge < -0.3 is 14.4 Å². The van der Waals surface area contributed by atoms with Crippen LogP contribution in [0.3, 0.4) is 0 Å². The van der Waals surface area contributed by atoms with Crippen LogP contribution in [0.2, 0.25) is 0 Å². The Kier molecular flexibility index (Phi) is 3.48. The van der Waals surface area contributed by atoms with Gasteiger partial charge in [-0.2, -0.15) is 0 Å². The molecule has 0 N–H and O–H groups in total. The predicted octanol–water partition coefficient (Wildman–Crippen LogP) is 2.26. The molecule has 1 aromatic rings. The van der Waals surface area contributed by atoms with E-state index in [9.17, 15) is 4.79 Å². The summed E-state index contributed by atoms with van der Waals surface area (Å²) in [5.41, 5.74) is 0. The first-order valence-corrected chi connectivity index (χ1v) is 7.97. The Hall–Kier alpha value is -0.750. The minimum atomic E-state index is 0.235. The van der Waals surface area contributed by atoms with Crippen molar-refractivity contribution in [2.24, 2.45) is 5.92 Å². The lowest BCUT2D eigenvalue weighted by Crippen LogP contribution is -2.25. The van der Waals surface area contributed by atoms with Crippen molar-refractivity contribution >= 4 is 33.2 Å². The summed E-state index contributed by atoms with van der Waals surface area (Å²) in [6.07, 6.45) is 0.649. The zero-order valence-electron chi connectivity index (χ0n) is 9.86. The molecule has 1 fully saturated rings. The highest BCUT2D eigenvalue weighted by atomic mass is 79.9. The predicted molar refractivity (Wildman–Crippen MR) is 72.6 cm³/mol. The number of amides is 1. The number of carbonyl (C=O) groups excluding carboxylic acids is 1. The molecular weight excluding hydrogens is 318 g/mol. The Labute approximate surface area is 118 Å². The highest BCUT2D eigenvalue weighted by Crippen LogP contribution is 2.40. The lowest BCUT2D eigenvalue weighted by atomic mass is 10.2. The number of fused-ring (bicyclic) bond motifs is 1. The quantitative estimate of drug-likeness (QED) is 0.797. The van der Waals surface area contributed by atoms with Gasteiger partial charge in [0.15, 0.2) is 11.5 Å². The fourth-order valence-electron chi connectivity index (χ4n) is 2.31. The molecule has 2 aliphatic rings. The molecule has 98 valence electrons. The van der Waals surface area contributed by atoms with Crippen LogP contribution in [0.5, 0.6) is 11.5 Å². The van der Waals surface area contributed by atoms with Gasteiger partial charge in [-0.15, -0.1) is 11.3 Å². The summed E-state index contributed by atoms with van der Waals surface area (Å²) >= 11 is 5.06. The van der Waals surface area contributed by atoms with Gasteiger partial charge in [-0.3, -0.25) is 4.79 Å². The van der Waals surface area contributed by atoms with E-state index in [0.29, 0.717) is 32.1 Å². The molecule has 1 atom stereocenters. The topological polar surface area (TPSA) is 38.8 Å². The van der Waals surface area contributed by atoms with Crippen LogP contribution in [0.15, 0.2) is 5.38 Å². The number of rotatable bonds is 3. The van der Waals surface area contributed by atoms with Crippen molar-refractivity contribution in [3.05, 3.63) is 10.3 Å². The summed E-state index contributed by atoms with van der Waals surface area (Å²) in [6.45, 7) is 2.68. The summed E-state index contributed by atoms with van der Waals surface area (Å²) < 4.78 is 11.1. The second-order valence-corrected chi connectivity index (χ2v) is 6.16. The van der Waals surface area contributed by atoms with Crippen molar-refractivity contribution in [2.45, 2.75) is 13.0 Å². The molecule has 3 heterocycles. The summed E-state index contributed by atoms with van der Waals surface area (Å²) in [4.78, 5) is 14.9. The normalized spacial score (nSPS) is 22.6. The first-order chi connectivity index (χ1) is 8.78. The van der Waals surface area contributed by atoms with E-state index in [-0.39, 0.29) is 5.91 Å². The minimum Gasteiger partial charge on any atom is -0.485 e. The third-order valence-corrected chi connectivity index (χ3v) is 5.07. The highest BCUT2D eigenvalue weighted by Gasteiger charge is 2.30. The third-order valence-electron chi connectivity index (χ3n) is 3.22. The average Bonchev–Trinajstić information content (AvgIpc) is 2.95. The molecule has 6 heteroatoms. The molecule has 2 aliphatic heterocycles. The number of carbonyl (C=O) groups is 1. The van der Waals surface area contributed by atoms with Gasteiger partial charge in [0, 0.05) is 23.7 Å². The fraction of sp³-hybridized carbons (Fsp3) is 0.583. The van der Waals surface area contributed by atoms with E-state index in [1.54, 1.807) is 11.3 Å². The summed E-state index contributed by atoms with van der Waals surface area (Å²) in [6, 6.07) is 0. The molecule has 1 unspecified atom stereocenters. The zero-order valence-corrected chi connectivity index (χ0v) is 12.3. The van der Waals surface area contributed by atoms with Gasteiger partial charge in [-0.1, -0.05) is 15.9 Å². The molecule has 1 amide bonds. The van der Waals surface area contributed by atoms with Gasteiger partial charge in [0.1, 0.15) is 13.2 Å². The van der Waals surface area contributed by atoms with Crippen LogP contribution < -0.4 is 9.47 Å². The highest BCUT2D eigenvalue weighted by molar-refractivity contribution is 9.09. The van der Waals surface area contributed by atoms with Crippen molar-refractivity contribution < 1.29 is 14.3 Å². The van der Waals surface area contributed by atoms with E-state index in [1.807, 2.05) is 10.3 Å². The Morgan fingerprint density at radius 2 is 2.28 bits per heavy atom. The van der Waals surface area contributed by atoms with Crippen molar-refractivity contribution in [3.8, 4) is 11.5 Å². The second-order valence-electron chi connectivity index (χ2n) is 4.55. The van der Waals surface area contributed by atoms with Gasteiger partial charge in [-0.05, 0) is 5.92 Å². The minimum absolute atomic E-state index is 0.235. The maximum Gasteiger partial charge on any atom is 0.223 e. The molecule has 1 aromatic heterocycles. The van der Waals surface area contributed by atoms with Crippen LogP contribution in [0.4, 0.5) is 0 Å². The lowest BCUT2D eigenvalue weighted by Gasteiger charge is -2.19. The summed E-state index contributed by atoms with van der Waals surface area (Å²) in [5, 5.41) is 2.85. The monoisotopic (exact) mass is 331 g/mol. The number of halogens is 1. The summed E-state index contributed by atoms with van der Waals surface area (Å²) in [5.74, 6) is 2.33. The van der Waals surface area contributed by atoms with Crippen LogP contribution in [-0.2, 0) is 11.3 Å². The Balaban J connectivity index is 1.73. The maximum absolute atomic E-state index is 11.9. The van der Waals surface area contributed by atoms with Crippen molar-refractivity contribution in [2.75, 3.05) is 25.1 Å².